The summed E-state index contributed by atoms with van der Waals surface area (Å²) in [7, 11) is 1.67. The normalized spacial score (nSPS) is 15.1. The smallest absolute Gasteiger partial charge is 0.160 e. The van der Waals surface area contributed by atoms with Crippen LogP contribution in [0.2, 0.25) is 0 Å². The van der Waals surface area contributed by atoms with Gasteiger partial charge in [-0.05, 0) is 19.4 Å². The van der Waals surface area contributed by atoms with E-state index in [1.165, 1.54) is 0 Å². The highest BCUT2D eigenvalue weighted by atomic mass is 35.5. The van der Waals surface area contributed by atoms with Crippen LogP contribution in [0.1, 0.15) is 31.8 Å². The topological polar surface area (TPSA) is 35.0 Å². The first-order valence-electron chi connectivity index (χ1n) is 4.59. The molecule has 0 saturated carbocycles. The maximum absolute atomic E-state index is 5.70. The second-order valence-electron chi connectivity index (χ2n) is 3.29. The molecule has 0 amide bonds. The second-order valence-corrected chi connectivity index (χ2v) is 3.56. The Labute approximate surface area is 89.5 Å². The Morgan fingerprint density at radius 1 is 1.57 bits per heavy atom. The van der Waals surface area contributed by atoms with Crippen LogP contribution in [-0.2, 0) is 16.2 Å². The van der Waals surface area contributed by atoms with Crippen molar-refractivity contribution >= 4 is 11.6 Å². The van der Waals surface area contributed by atoms with Crippen LogP contribution in [-0.4, -0.2) is 17.1 Å². The van der Waals surface area contributed by atoms with Crippen LogP contribution in [0.3, 0.4) is 0 Å². The summed E-state index contributed by atoms with van der Waals surface area (Å²) in [5.74, 6) is 1.10. The van der Waals surface area contributed by atoms with Gasteiger partial charge >= 0.3 is 0 Å². The van der Waals surface area contributed by atoms with Gasteiger partial charge in [0.15, 0.2) is 5.82 Å². The number of methoxy groups -OCH3 is 1. The molecule has 3 nitrogen and oxygen atoms in total. The summed E-state index contributed by atoms with van der Waals surface area (Å²) >= 11 is 5.70. The Morgan fingerprint density at radius 2 is 2.29 bits per heavy atom. The van der Waals surface area contributed by atoms with E-state index in [-0.39, 0.29) is 0 Å². The summed E-state index contributed by atoms with van der Waals surface area (Å²) < 4.78 is 5.40. The molecule has 14 heavy (non-hydrogen) atoms. The van der Waals surface area contributed by atoms with E-state index >= 15 is 0 Å². The Morgan fingerprint density at radius 3 is 2.79 bits per heavy atom. The average Bonchev–Trinajstić information content (AvgIpc) is 2.28. The Hall–Kier alpha value is -0.670. The fourth-order valence-electron chi connectivity index (χ4n) is 1.12. The number of nitrogens with zero attached hydrogens (tertiary/aromatic N) is 2. The minimum atomic E-state index is -0.415. The van der Waals surface area contributed by atoms with Gasteiger partial charge in [0.1, 0.15) is 5.60 Å². The van der Waals surface area contributed by atoms with Gasteiger partial charge in [-0.1, -0.05) is 6.92 Å². The SMILES string of the molecule is CCC(C)(OC)c1nccc(CCl)n1. The van der Waals surface area contributed by atoms with Crippen molar-refractivity contribution in [1.29, 1.82) is 0 Å². The van der Waals surface area contributed by atoms with Crippen LogP contribution in [0.25, 0.3) is 0 Å². The van der Waals surface area contributed by atoms with Crippen LogP contribution in [0, 0.1) is 0 Å². The molecule has 0 N–H and O–H groups in total. The van der Waals surface area contributed by atoms with Gasteiger partial charge in [-0.25, -0.2) is 9.97 Å². The lowest BCUT2D eigenvalue weighted by Crippen LogP contribution is -2.26. The molecule has 1 rings (SSSR count). The second kappa shape index (κ2) is 4.71. The molecule has 4 heteroatoms. The third-order valence-corrected chi connectivity index (χ3v) is 2.72. The first kappa shape index (κ1) is 11.4. The van der Waals surface area contributed by atoms with E-state index in [0.29, 0.717) is 11.7 Å². The number of rotatable bonds is 4. The molecule has 1 aromatic heterocycles. The highest BCUT2D eigenvalue weighted by molar-refractivity contribution is 6.16. The molecular formula is C10H15ClN2O. The zero-order valence-electron chi connectivity index (χ0n) is 8.75. The highest BCUT2D eigenvalue weighted by Crippen LogP contribution is 2.24. The van der Waals surface area contributed by atoms with Crippen molar-refractivity contribution in [2.24, 2.45) is 0 Å². The molecule has 0 spiro atoms. The predicted octanol–water partition coefficient (Wildman–Crippen LogP) is 2.49. The molecule has 1 aromatic rings. The van der Waals surface area contributed by atoms with E-state index < -0.39 is 5.60 Å². The van der Waals surface area contributed by atoms with Crippen LogP contribution in [0.15, 0.2) is 12.3 Å². The van der Waals surface area contributed by atoms with Crippen LogP contribution >= 0.6 is 11.6 Å². The quantitative estimate of drug-likeness (QED) is 0.723. The molecule has 78 valence electrons. The van der Waals surface area contributed by atoms with Gasteiger partial charge in [0.05, 0.1) is 11.6 Å². The third kappa shape index (κ3) is 2.22. The number of halogens is 1. The third-order valence-electron chi connectivity index (χ3n) is 2.45. The summed E-state index contributed by atoms with van der Waals surface area (Å²) in [6.07, 6.45) is 2.54. The lowest BCUT2D eigenvalue weighted by Gasteiger charge is -2.24. The largest absolute Gasteiger partial charge is 0.371 e. The zero-order chi connectivity index (χ0) is 10.6. The molecule has 0 aliphatic carbocycles. The average molecular weight is 215 g/mol. The summed E-state index contributed by atoms with van der Waals surface area (Å²) in [6.45, 7) is 4.01. The standard InChI is InChI=1S/C10H15ClN2O/c1-4-10(2,14-3)9-12-6-5-8(7-11)13-9/h5-6H,4,7H2,1-3H3. The maximum Gasteiger partial charge on any atom is 0.160 e. The minimum absolute atomic E-state index is 0.402. The minimum Gasteiger partial charge on any atom is -0.371 e. The van der Waals surface area contributed by atoms with Crippen molar-refractivity contribution in [3.8, 4) is 0 Å². The van der Waals surface area contributed by atoms with E-state index in [9.17, 15) is 0 Å². The summed E-state index contributed by atoms with van der Waals surface area (Å²) in [4.78, 5) is 8.54. The molecule has 1 unspecified atom stereocenters. The Kier molecular flexibility index (Phi) is 3.84. The monoisotopic (exact) mass is 214 g/mol. The van der Waals surface area contributed by atoms with Gasteiger partial charge in [0, 0.05) is 13.3 Å². The molecule has 0 saturated heterocycles. The highest BCUT2D eigenvalue weighted by Gasteiger charge is 2.27. The summed E-state index contributed by atoms with van der Waals surface area (Å²) in [6, 6.07) is 1.81. The predicted molar refractivity (Wildman–Crippen MR) is 56.2 cm³/mol. The maximum atomic E-state index is 5.70. The molecule has 0 aliphatic rings. The van der Waals surface area contributed by atoms with E-state index in [1.54, 1.807) is 13.3 Å². The lowest BCUT2D eigenvalue weighted by molar-refractivity contribution is -0.00913. The number of hydrogen-bond donors (Lipinski definition) is 0. The Bertz CT molecular complexity index is 300. The van der Waals surface area contributed by atoms with E-state index in [1.807, 2.05) is 19.9 Å². The van der Waals surface area contributed by atoms with Crippen molar-refractivity contribution in [2.75, 3.05) is 7.11 Å². The molecule has 0 aromatic carbocycles. The molecular weight excluding hydrogens is 200 g/mol. The van der Waals surface area contributed by atoms with Gasteiger partial charge in [-0.3, -0.25) is 0 Å². The van der Waals surface area contributed by atoms with E-state index in [0.717, 1.165) is 12.1 Å². The fourth-order valence-corrected chi connectivity index (χ4v) is 1.27. The lowest BCUT2D eigenvalue weighted by atomic mass is 10.0. The summed E-state index contributed by atoms with van der Waals surface area (Å²) in [5.41, 5.74) is 0.413. The fraction of sp³-hybridized carbons (Fsp3) is 0.600. The van der Waals surface area contributed by atoms with Gasteiger partial charge in [-0.2, -0.15) is 0 Å². The van der Waals surface area contributed by atoms with Gasteiger partial charge in [-0.15, -0.1) is 11.6 Å². The zero-order valence-corrected chi connectivity index (χ0v) is 9.51. The molecule has 0 radical (unpaired) electrons. The number of ether oxygens (including phenoxy) is 1. The number of hydrogen-bond acceptors (Lipinski definition) is 3. The van der Waals surface area contributed by atoms with Gasteiger partial charge in [0.25, 0.3) is 0 Å². The van der Waals surface area contributed by atoms with Crippen LogP contribution in [0.5, 0.6) is 0 Å². The first-order valence-corrected chi connectivity index (χ1v) is 5.13. The first-order chi connectivity index (χ1) is 6.66. The van der Waals surface area contributed by atoms with Crippen molar-refractivity contribution in [1.82, 2.24) is 9.97 Å². The van der Waals surface area contributed by atoms with E-state index in [4.69, 9.17) is 16.3 Å². The molecule has 0 fully saturated rings. The van der Waals surface area contributed by atoms with Crippen molar-refractivity contribution < 1.29 is 4.74 Å². The molecule has 1 heterocycles. The summed E-state index contributed by atoms with van der Waals surface area (Å²) in [5, 5.41) is 0. The number of aromatic nitrogens is 2. The van der Waals surface area contributed by atoms with Crippen molar-refractivity contribution in [2.45, 2.75) is 31.7 Å². The van der Waals surface area contributed by atoms with Crippen molar-refractivity contribution in [3.63, 3.8) is 0 Å². The van der Waals surface area contributed by atoms with Gasteiger partial charge in [0.2, 0.25) is 0 Å². The molecule has 0 aliphatic heterocycles. The van der Waals surface area contributed by atoms with Gasteiger partial charge < -0.3 is 4.74 Å². The number of alkyl halides is 1. The molecule has 1 atom stereocenters. The molecule has 0 bridgehead atoms. The Balaban J connectivity index is 3.04. The van der Waals surface area contributed by atoms with Crippen molar-refractivity contribution in [3.05, 3.63) is 23.8 Å². The van der Waals surface area contributed by atoms with Crippen LogP contribution in [0.4, 0.5) is 0 Å². The van der Waals surface area contributed by atoms with Crippen LogP contribution < -0.4 is 0 Å². The van der Waals surface area contributed by atoms with E-state index in [2.05, 4.69) is 9.97 Å².